The summed E-state index contributed by atoms with van der Waals surface area (Å²) in [6.45, 7) is 17.0. The second kappa shape index (κ2) is 30.8. The topological polar surface area (TPSA) is 189 Å². The van der Waals surface area contributed by atoms with Gasteiger partial charge in [-0.25, -0.2) is 9.59 Å². The number of esters is 1. The molecular weight excluding hydrogens is 1050 g/mol. The monoisotopic (exact) mass is 1130 g/mol. The van der Waals surface area contributed by atoms with Crippen molar-refractivity contribution in [1.82, 2.24) is 0 Å². The van der Waals surface area contributed by atoms with Gasteiger partial charge in [-0.3, -0.25) is 19.2 Å². The maximum Gasteiger partial charge on any atom is 0.323 e. The molecule has 1 heterocycles. The summed E-state index contributed by atoms with van der Waals surface area (Å²) in [5, 5.41) is 20.6. The Morgan fingerprint density at radius 1 is 0.575 bits per heavy atom. The molecule has 2 aliphatic carbocycles. The van der Waals surface area contributed by atoms with Crippen LogP contribution in [0.15, 0.2) is 133 Å². The van der Waals surface area contributed by atoms with Crippen LogP contribution in [0.5, 0.6) is 0 Å². The Morgan fingerprint density at radius 2 is 0.938 bits per heavy atom. The van der Waals surface area contributed by atoms with Gasteiger partial charge in [-0.05, 0) is 161 Å². The minimum absolute atomic E-state index is 0. The van der Waals surface area contributed by atoms with Gasteiger partial charge in [0.1, 0.15) is 0 Å². The van der Waals surface area contributed by atoms with Gasteiger partial charge in [-0.1, -0.05) is 124 Å². The number of urea groups is 2. The second-order valence-electron chi connectivity index (χ2n) is 20.1. The van der Waals surface area contributed by atoms with Crippen molar-refractivity contribution in [1.29, 1.82) is 0 Å². The van der Waals surface area contributed by atoms with Crippen molar-refractivity contribution in [3.05, 3.63) is 174 Å². The molecule has 4 amide bonds. The number of hydrogen-bond acceptors (Lipinski definition) is 8. The summed E-state index contributed by atoms with van der Waals surface area (Å²) < 4.78 is 10.3. The number of carboxylic acid groups (broad SMARTS) is 1. The number of nitrogens with one attached hydrogen (secondary N) is 4. The number of ketones is 2. The number of Topliss-reactive ketones (excluding diaryl/α,β-unsaturated/α-hetero) is 2. The van der Waals surface area contributed by atoms with E-state index in [2.05, 4.69) is 34.3 Å². The van der Waals surface area contributed by atoms with Crippen molar-refractivity contribution in [2.75, 3.05) is 34.5 Å². The van der Waals surface area contributed by atoms with Crippen LogP contribution in [0, 0.1) is 32.1 Å². The Hall–Kier alpha value is -7.38. The number of hydrogen-bond donors (Lipinski definition) is 5. The van der Waals surface area contributed by atoms with E-state index >= 15 is 0 Å². The van der Waals surface area contributed by atoms with E-state index in [4.69, 9.17) is 9.47 Å². The van der Waals surface area contributed by atoms with E-state index in [-0.39, 0.29) is 66.9 Å². The Bertz CT molecular complexity index is 3030. The molecule has 5 N–H and O–H groups in total. The Labute approximate surface area is 483 Å². The van der Waals surface area contributed by atoms with Gasteiger partial charge in [0.25, 0.3) is 0 Å². The van der Waals surface area contributed by atoms with E-state index in [0.29, 0.717) is 67.3 Å². The van der Waals surface area contributed by atoms with E-state index < -0.39 is 16.8 Å². The van der Waals surface area contributed by atoms with Crippen molar-refractivity contribution >= 4 is 58.3 Å². The van der Waals surface area contributed by atoms with E-state index in [0.717, 1.165) is 68.9 Å². The molecule has 9 rings (SSSR count). The Balaban J connectivity index is 0.000000296. The van der Waals surface area contributed by atoms with Gasteiger partial charge in [0.2, 0.25) is 0 Å². The van der Waals surface area contributed by atoms with Crippen molar-refractivity contribution in [2.24, 2.45) is 10.8 Å². The van der Waals surface area contributed by atoms with Crippen LogP contribution in [-0.2, 0) is 49.0 Å². The quantitative estimate of drug-likeness (QED) is 0.0426. The average Bonchev–Trinajstić information content (AvgIpc) is 4.08. The summed E-state index contributed by atoms with van der Waals surface area (Å²) in [7, 11) is 0. The molecule has 426 valence electrons. The minimum atomic E-state index is -0.934. The number of aliphatic carboxylic acids is 1. The molecule has 1 saturated heterocycles. The third-order valence-electron chi connectivity index (χ3n) is 14.8. The number of anilines is 4. The predicted octanol–water partition coefficient (Wildman–Crippen LogP) is 15.7. The number of carbonyl (C=O) groups excluding carboxylic acids is 5. The van der Waals surface area contributed by atoms with Crippen LogP contribution in [0.3, 0.4) is 0 Å². The fourth-order valence-electron chi connectivity index (χ4n) is 10.1. The van der Waals surface area contributed by atoms with Gasteiger partial charge in [-0.2, -0.15) is 0 Å². The SMILES string of the molecule is CC.CC1CCCO1.CCC1(CC(=O)O)CCc2cc(-c3ccc(NC(=O)Nc4ccc(C)cc4)cc3)ccc2C1=O.CCOC(=O)CC1(CC)CCc2cc(-c3ccc(NC(=O)Nc4ccc(C)cc4)cc3)ccc2C1=O.[CH3-].[Fe]. The zero-order valence-corrected chi connectivity index (χ0v) is 48.9. The van der Waals surface area contributed by atoms with Crippen LogP contribution >= 0.6 is 0 Å². The molecule has 6 aromatic carbocycles. The largest absolute Gasteiger partial charge is 0.481 e. The van der Waals surface area contributed by atoms with Gasteiger partial charge in [-0.15, -0.1) is 0 Å². The van der Waals surface area contributed by atoms with Gasteiger partial charge < -0.3 is 43.3 Å². The fraction of sp³-hybridized carbons (Fsp3) is 0.348. The van der Waals surface area contributed by atoms with Crippen LogP contribution in [0.25, 0.3) is 22.3 Å². The number of amides is 4. The van der Waals surface area contributed by atoms with Gasteiger partial charge in [0.05, 0.1) is 25.6 Å². The first-order valence-electron chi connectivity index (χ1n) is 27.4. The van der Waals surface area contributed by atoms with Gasteiger partial charge >= 0.3 is 24.0 Å². The molecule has 1 fully saturated rings. The molecule has 1 aliphatic heterocycles. The zero-order valence-electron chi connectivity index (χ0n) is 47.8. The Morgan fingerprint density at radius 3 is 1.25 bits per heavy atom. The van der Waals surface area contributed by atoms with Crippen LogP contribution < -0.4 is 21.3 Å². The predicted molar refractivity (Wildman–Crippen MR) is 318 cm³/mol. The molecule has 0 spiro atoms. The third-order valence-corrected chi connectivity index (χ3v) is 14.8. The molecule has 3 unspecified atom stereocenters. The van der Waals surface area contributed by atoms with E-state index in [1.807, 2.05) is 169 Å². The van der Waals surface area contributed by atoms with Gasteiger partial charge in [0.15, 0.2) is 11.6 Å². The molecular formula is C66H79FeN4O9-. The first-order chi connectivity index (χ1) is 37.5. The average molecular weight is 1130 g/mol. The third kappa shape index (κ3) is 17.3. The minimum Gasteiger partial charge on any atom is -0.481 e. The number of carboxylic acids is 1. The first-order valence-corrected chi connectivity index (χ1v) is 27.4. The summed E-state index contributed by atoms with van der Waals surface area (Å²) in [5.41, 5.74) is 10.8. The van der Waals surface area contributed by atoms with Crippen molar-refractivity contribution in [3.63, 3.8) is 0 Å². The van der Waals surface area contributed by atoms with Crippen molar-refractivity contribution in [3.8, 4) is 22.3 Å². The molecule has 0 bridgehead atoms. The normalized spacial score (nSPS) is 17.4. The number of ether oxygens (including phenoxy) is 2. The smallest absolute Gasteiger partial charge is 0.323 e. The summed E-state index contributed by atoms with van der Waals surface area (Å²) >= 11 is 0. The van der Waals surface area contributed by atoms with Gasteiger partial charge in [0, 0.05) is 68.4 Å². The molecule has 6 aromatic rings. The van der Waals surface area contributed by atoms with Crippen molar-refractivity contribution < 1.29 is 60.4 Å². The number of benzene rings is 6. The van der Waals surface area contributed by atoms with E-state index in [9.17, 15) is 33.9 Å². The summed E-state index contributed by atoms with van der Waals surface area (Å²) in [6, 6.07) is 41.3. The molecule has 13 nitrogen and oxygen atoms in total. The van der Waals surface area contributed by atoms with Crippen LogP contribution in [0.1, 0.15) is 136 Å². The maximum atomic E-state index is 13.4. The van der Waals surface area contributed by atoms with E-state index in [1.165, 1.54) is 12.8 Å². The van der Waals surface area contributed by atoms with Crippen LogP contribution in [-0.4, -0.2) is 60.0 Å². The summed E-state index contributed by atoms with van der Waals surface area (Å²) in [4.78, 5) is 74.6. The fourth-order valence-corrected chi connectivity index (χ4v) is 10.1. The standard InChI is InChI=1S/C30H32N2O4.C28H28N2O4.C5H10O.C2H6.CH3.Fe/c1-4-30(19-27(33)36-5-2)17-16-23-18-22(10-15-26(23)28(30)34)21-8-13-25(14-9-21)32-29(35)31-24-11-6-20(3)7-12-24;1-3-28(17-25(31)32)15-14-21-16-20(8-13-24(21)26(28)33)19-6-11-23(12-7-19)30-27(34)29-22-9-4-18(2)5-10-22;1-5-3-2-4-6-5;1-2;;/h6-15,18H,4-5,16-17,19H2,1-3H3,(H2,31,32,35);4-13,16H,3,14-15,17H2,1-2H3,(H,31,32)(H2,29,30,34);5H,2-4H2,1H3;1-2H3;1H3;/q;;;;-1;. The summed E-state index contributed by atoms with van der Waals surface area (Å²) in [6.07, 6.45) is 6.80. The van der Waals surface area contributed by atoms with Crippen LogP contribution in [0.4, 0.5) is 32.3 Å². The maximum absolute atomic E-state index is 13.4. The molecule has 14 heteroatoms. The van der Waals surface area contributed by atoms with Crippen molar-refractivity contribution in [2.45, 2.75) is 126 Å². The number of aryl methyl sites for hydroxylation is 4. The molecule has 3 atom stereocenters. The Kier molecular flexibility index (Phi) is 25.1. The molecule has 3 aliphatic rings. The first kappa shape index (κ1) is 65.1. The number of carbonyl (C=O) groups is 6. The molecule has 0 aromatic heterocycles. The zero-order chi connectivity index (χ0) is 56.4. The second-order valence-corrected chi connectivity index (χ2v) is 20.1. The molecule has 0 saturated carbocycles. The van der Waals surface area contributed by atoms with E-state index in [1.54, 1.807) is 6.92 Å². The molecule has 80 heavy (non-hydrogen) atoms. The molecule has 0 radical (unpaired) electrons. The number of rotatable bonds is 13. The number of fused-ring (bicyclic) bond motifs is 2. The summed E-state index contributed by atoms with van der Waals surface area (Å²) in [5.74, 6) is -1.28. The van der Waals surface area contributed by atoms with Crippen LogP contribution in [0.2, 0.25) is 0 Å².